The van der Waals surface area contributed by atoms with Crippen molar-refractivity contribution in [1.82, 2.24) is 0 Å². The molecule has 10 nitrogen and oxygen atoms in total. The van der Waals surface area contributed by atoms with E-state index in [2.05, 4.69) is 9.47 Å². The molecule has 0 radical (unpaired) electrons. The fourth-order valence-electron chi connectivity index (χ4n) is 0.416. The molecule has 2 atom stereocenters. The van der Waals surface area contributed by atoms with Crippen molar-refractivity contribution in [3.63, 3.8) is 0 Å². The van der Waals surface area contributed by atoms with E-state index in [1.807, 2.05) is 0 Å². The van der Waals surface area contributed by atoms with Crippen LogP contribution in [0.25, 0.3) is 0 Å². The molecular formula is C10H18O10. The molecule has 0 aromatic rings. The highest BCUT2D eigenvalue weighted by Crippen LogP contribution is 1.85. The first kappa shape index (κ1) is 23.5. The fourth-order valence-corrected chi connectivity index (χ4v) is 0.416. The number of hydrogen-bond donors (Lipinski definition) is 4. The minimum atomic E-state index is -1.48. The molecule has 0 aromatic heterocycles. The zero-order valence-corrected chi connectivity index (χ0v) is 10.5. The number of carbonyl (C=O) groups is 4. The number of hydrogen-bond acceptors (Lipinski definition) is 10. The summed E-state index contributed by atoms with van der Waals surface area (Å²) in [6.07, 6.45) is -2.17. The third kappa shape index (κ3) is 29.9. The highest BCUT2D eigenvalue weighted by Gasteiger charge is 2.02. The first-order valence-corrected chi connectivity index (χ1v) is 5.14. The van der Waals surface area contributed by atoms with Crippen molar-refractivity contribution in [2.24, 2.45) is 0 Å². The second kappa shape index (κ2) is 22.6. The summed E-state index contributed by atoms with van der Waals surface area (Å²) in [5.74, 6) is 0. The Hall–Kier alpha value is -1.56. The van der Waals surface area contributed by atoms with Crippen LogP contribution in [-0.4, -0.2) is 84.6 Å². The standard InChI is InChI=1S/C6H10O6.C2H6O2.C2H2O2/c7-3-5(9)11-1-2-12-6(10)4-8;2*3-1-2-4/h3-6,9-10H,1-2H2;3-4H,1-2H2;1-2H. The molecule has 2 unspecified atom stereocenters. The largest absolute Gasteiger partial charge is 0.394 e. The van der Waals surface area contributed by atoms with Crippen molar-refractivity contribution in [1.29, 1.82) is 0 Å². The third-order valence-electron chi connectivity index (χ3n) is 1.05. The zero-order chi connectivity index (χ0) is 16.2. The number of aliphatic hydroxyl groups is 4. The maximum absolute atomic E-state index is 9.77. The Morgan fingerprint density at radius 1 is 0.750 bits per heavy atom. The average molecular weight is 298 g/mol. The number of aldehydes is 4. The van der Waals surface area contributed by atoms with Crippen molar-refractivity contribution >= 4 is 25.1 Å². The molecule has 0 saturated carbocycles. The Balaban J connectivity index is -0.000000297. The summed E-state index contributed by atoms with van der Waals surface area (Å²) in [7, 11) is 0. The van der Waals surface area contributed by atoms with E-state index in [1.165, 1.54) is 0 Å². The van der Waals surface area contributed by atoms with Gasteiger partial charge in [0, 0.05) is 0 Å². The van der Waals surface area contributed by atoms with Gasteiger partial charge in [0.2, 0.25) is 12.6 Å². The van der Waals surface area contributed by atoms with Crippen LogP contribution in [0.4, 0.5) is 0 Å². The topological polar surface area (TPSA) is 168 Å². The molecule has 0 amide bonds. The molecule has 0 spiro atoms. The van der Waals surface area contributed by atoms with Gasteiger partial charge in [-0.25, -0.2) is 0 Å². The highest BCUT2D eigenvalue weighted by molar-refractivity contribution is 6.09. The van der Waals surface area contributed by atoms with Gasteiger partial charge in [0.25, 0.3) is 0 Å². The van der Waals surface area contributed by atoms with Gasteiger partial charge in [0.15, 0.2) is 25.1 Å². The molecule has 0 aliphatic carbocycles. The van der Waals surface area contributed by atoms with Gasteiger partial charge in [-0.15, -0.1) is 0 Å². The Bertz CT molecular complexity index is 208. The van der Waals surface area contributed by atoms with Crippen molar-refractivity contribution in [2.45, 2.75) is 12.6 Å². The van der Waals surface area contributed by atoms with Crippen LogP contribution in [0.1, 0.15) is 0 Å². The van der Waals surface area contributed by atoms with Gasteiger partial charge in [0.1, 0.15) is 0 Å². The van der Waals surface area contributed by atoms with E-state index >= 15 is 0 Å². The van der Waals surface area contributed by atoms with Gasteiger partial charge in [-0.2, -0.15) is 0 Å². The lowest BCUT2D eigenvalue weighted by molar-refractivity contribution is -0.160. The molecule has 4 N–H and O–H groups in total. The monoisotopic (exact) mass is 298 g/mol. The SMILES string of the molecule is O=CC(O)OCCOC(O)C=O.O=CC=O.OCCO. The fraction of sp³-hybridized carbons (Fsp3) is 0.600. The summed E-state index contributed by atoms with van der Waals surface area (Å²) in [5, 5.41) is 32.3. The lowest BCUT2D eigenvalue weighted by Crippen LogP contribution is -2.20. The lowest BCUT2D eigenvalue weighted by atomic mass is 10.6. The Morgan fingerprint density at radius 3 is 1.20 bits per heavy atom. The molecule has 0 saturated heterocycles. The van der Waals surface area contributed by atoms with Crippen molar-refractivity contribution in [3.8, 4) is 0 Å². The minimum absolute atomic E-state index is 0.0786. The van der Waals surface area contributed by atoms with Gasteiger partial charge < -0.3 is 29.9 Å². The molecule has 20 heavy (non-hydrogen) atoms. The van der Waals surface area contributed by atoms with Crippen LogP contribution in [0.3, 0.4) is 0 Å². The maximum atomic E-state index is 9.77. The highest BCUT2D eigenvalue weighted by atomic mass is 16.6. The predicted molar refractivity (Wildman–Crippen MR) is 62.3 cm³/mol. The maximum Gasteiger partial charge on any atom is 0.212 e. The van der Waals surface area contributed by atoms with Crippen LogP contribution in [0.5, 0.6) is 0 Å². The van der Waals surface area contributed by atoms with Crippen LogP contribution in [0.15, 0.2) is 0 Å². The average Bonchev–Trinajstić information content (AvgIpc) is 2.51. The van der Waals surface area contributed by atoms with Crippen LogP contribution >= 0.6 is 0 Å². The summed E-state index contributed by atoms with van der Waals surface area (Å²) in [6, 6.07) is 0. The lowest BCUT2D eigenvalue weighted by Gasteiger charge is -2.07. The van der Waals surface area contributed by atoms with Gasteiger partial charge in [-0.3, -0.25) is 19.2 Å². The second-order valence-corrected chi connectivity index (χ2v) is 2.51. The molecular weight excluding hydrogens is 280 g/mol. The first-order valence-electron chi connectivity index (χ1n) is 5.14. The summed E-state index contributed by atoms with van der Waals surface area (Å²) >= 11 is 0. The summed E-state index contributed by atoms with van der Waals surface area (Å²) in [4.78, 5) is 37.1. The van der Waals surface area contributed by atoms with E-state index < -0.39 is 12.6 Å². The number of rotatable bonds is 9. The quantitative estimate of drug-likeness (QED) is 0.144. The van der Waals surface area contributed by atoms with Crippen molar-refractivity contribution in [3.05, 3.63) is 0 Å². The first-order chi connectivity index (χ1) is 9.53. The Labute approximate surface area is 114 Å². The van der Waals surface area contributed by atoms with Crippen molar-refractivity contribution < 1.29 is 49.1 Å². The van der Waals surface area contributed by atoms with Crippen LogP contribution in [0.2, 0.25) is 0 Å². The van der Waals surface area contributed by atoms with Gasteiger partial charge in [0.05, 0.1) is 26.4 Å². The number of ether oxygens (including phenoxy) is 2. The van der Waals surface area contributed by atoms with Gasteiger partial charge >= 0.3 is 0 Å². The van der Waals surface area contributed by atoms with E-state index in [4.69, 9.17) is 30.0 Å². The summed E-state index contributed by atoms with van der Waals surface area (Å²) in [5.41, 5.74) is 0. The Kier molecular flexibility index (Phi) is 26.6. The predicted octanol–water partition coefficient (Wildman–Crippen LogP) is -3.59. The number of aliphatic hydroxyl groups excluding tert-OH is 4. The summed E-state index contributed by atoms with van der Waals surface area (Å²) < 4.78 is 8.84. The number of carbonyl (C=O) groups excluding carboxylic acids is 4. The smallest absolute Gasteiger partial charge is 0.212 e. The minimum Gasteiger partial charge on any atom is -0.394 e. The molecule has 118 valence electrons. The van der Waals surface area contributed by atoms with Crippen molar-refractivity contribution in [2.75, 3.05) is 26.4 Å². The second-order valence-electron chi connectivity index (χ2n) is 2.51. The molecule has 10 heteroatoms. The van der Waals surface area contributed by atoms with E-state index in [0.29, 0.717) is 0 Å². The van der Waals surface area contributed by atoms with E-state index in [9.17, 15) is 9.59 Å². The molecule has 0 bridgehead atoms. The molecule has 0 fully saturated rings. The van der Waals surface area contributed by atoms with Crippen LogP contribution in [-0.2, 0) is 28.7 Å². The molecule has 0 aliphatic heterocycles. The third-order valence-corrected chi connectivity index (χ3v) is 1.05. The molecule has 0 aliphatic rings. The van der Waals surface area contributed by atoms with Crippen LogP contribution < -0.4 is 0 Å². The normalized spacial score (nSPS) is 11.6. The van der Waals surface area contributed by atoms with Gasteiger partial charge in [-0.05, 0) is 0 Å². The van der Waals surface area contributed by atoms with E-state index in [0.717, 1.165) is 0 Å². The molecule has 0 heterocycles. The molecule has 0 aromatic carbocycles. The van der Waals surface area contributed by atoms with E-state index in [-0.39, 0.29) is 51.6 Å². The van der Waals surface area contributed by atoms with Gasteiger partial charge in [-0.1, -0.05) is 0 Å². The van der Waals surface area contributed by atoms with Crippen LogP contribution in [0, 0.1) is 0 Å². The van der Waals surface area contributed by atoms with E-state index in [1.54, 1.807) is 0 Å². The molecule has 0 rings (SSSR count). The summed E-state index contributed by atoms with van der Waals surface area (Å²) in [6.45, 7) is -0.407. The zero-order valence-electron chi connectivity index (χ0n) is 10.5. The Morgan fingerprint density at radius 2 is 1.05 bits per heavy atom.